The molecule has 1 aliphatic carbocycles. The molecule has 5 nitrogen and oxygen atoms in total. The summed E-state index contributed by atoms with van der Waals surface area (Å²) >= 11 is 1.18. The monoisotopic (exact) mass is 359 g/mol. The van der Waals surface area contributed by atoms with Crippen molar-refractivity contribution in [2.45, 2.75) is 32.0 Å². The molecule has 24 heavy (non-hydrogen) atoms. The quantitative estimate of drug-likeness (QED) is 0.856. The number of benzene rings is 1. The molecular formula is C15H16F3N3O2S. The normalized spacial score (nSPS) is 16.8. The van der Waals surface area contributed by atoms with Crippen molar-refractivity contribution >= 4 is 27.5 Å². The van der Waals surface area contributed by atoms with Crippen molar-refractivity contribution in [3.05, 3.63) is 23.0 Å². The van der Waals surface area contributed by atoms with Crippen LogP contribution < -0.4 is 15.0 Å². The maximum Gasteiger partial charge on any atom is 0.573 e. The Bertz CT molecular complexity index is 819. The number of hydrogen-bond donors (Lipinski definition) is 1. The number of ether oxygens (including phenoxy) is 1. The van der Waals surface area contributed by atoms with Crippen LogP contribution in [-0.2, 0) is 11.8 Å². The minimum atomic E-state index is -4.73. The molecule has 1 aromatic heterocycles. The van der Waals surface area contributed by atoms with Gasteiger partial charge in [-0.15, -0.1) is 18.3 Å². The number of carbonyl (C=O) groups is 1. The first-order valence-electron chi connectivity index (χ1n) is 7.52. The Morgan fingerprint density at radius 1 is 1.38 bits per heavy atom. The van der Waals surface area contributed by atoms with Crippen LogP contribution in [0.25, 0.3) is 10.2 Å². The van der Waals surface area contributed by atoms with Crippen molar-refractivity contribution in [1.29, 1.82) is 0 Å². The van der Waals surface area contributed by atoms with E-state index in [1.807, 2.05) is 0 Å². The summed E-state index contributed by atoms with van der Waals surface area (Å²) in [4.78, 5) is 12.5. The summed E-state index contributed by atoms with van der Waals surface area (Å²) < 4.78 is 43.1. The molecule has 0 spiro atoms. The van der Waals surface area contributed by atoms with E-state index in [-0.39, 0.29) is 17.6 Å². The summed E-state index contributed by atoms with van der Waals surface area (Å²) in [5, 5.41) is 4.11. The molecule has 9 heteroatoms. The molecule has 0 radical (unpaired) electrons. The molecule has 1 heterocycles. The predicted molar refractivity (Wildman–Crippen MR) is 83.1 cm³/mol. The number of nitrogens with one attached hydrogen (secondary N) is 1. The van der Waals surface area contributed by atoms with Crippen LogP contribution in [0.3, 0.4) is 0 Å². The molecule has 0 atom stereocenters. The molecule has 1 amide bonds. The fourth-order valence-corrected chi connectivity index (χ4v) is 3.81. The van der Waals surface area contributed by atoms with Gasteiger partial charge in [0.05, 0.1) is 10.2 Å². The molecule has 1 aliphatic rings. The van der Waals surface area contributed by atoms with Crippen molar-refractivity contribution in [3.8, 4) is 5.75 Å². The Labute approximate surface area is 139 Å². The summed E-state index contributed by atoms with van der Waals surface area (Å²) in [5.41, 5.74) is 3.27. The number of alkyl halides is 3. The summed E-state index contributed by atoms with van der Waals surface area (Å²) in [7, 11) is 1.74. The van der Waals surface area contributed by atoms with E-state index >= 15 is 0 Å². The number of halogens is 3. The molecule has 0 bridgehead atoms. The second kappa shape index (κ2) is 6.46. The van der Waals surface area contributed by atoms with Crippen molar-refractivity contribution in [3.63, 3.8) is 0 Å². The van der Waals surface area contributed by atoms with E-state index in [1.165, 1.54) is 29.5 Å². The predicted octanol–water partition coefficient (Wildman–Crippen LogP) is 3.26. The maximum absolute atomic E-state index is 12.3. The van der Waals surface area contributed by atoms with Crippen LogP contribution >= 0.6 is 11.3 Å². The average Bonchev–Trinajstić information content (AvgIpc) is 3.12. The molecule has 1 N–H and O–H groups in total. The fourth-order valence-electron chi connectivity index (χ4n) is 2.80. The molecule has 130 valence electrons. The van der Waals surface area contributed by atoms with Crippen LogP contribution in [0, 0.1) is 5.92 Å². The van der Waals surface area contributed by atoms with Gasteiger partial charge in [-0.2, -0.15) is 0 Å². The zero-order valence-electron chi connectivity index (χ0n) is 12.9. The summed E-state index contributed by atoms with van der Waals surface area (Å²) in [6, 6.07) is 4.10. The number of amides is 1. The zero-order chi connectivity index (χ0) is 17.3. The molecule has 0 unspecified atom stereocenters. The van der Waals surface area contributed by atoms with Crippen LogP contribution in [0.5, 0.6) is 5.75 Å². The Balaban J connectivity index is 1.84. The van der Waals surface area contributed by atoms with Gasteiger partial charge in [-0.25, -0.2) is 5.43 Å². The van der Waals surface area contributed by atoms with Gasteiger partial charge in [-0.05, 0) is 31.0 Å². The van der Waals surface area contributed by atoms with E-state index in [0.717, 1.165) is 25.7 Å². The zero-order valence-corrected chi connectivity index (χ0v) is 13.7. The fraction of sp³-hybridized carbons (Fsp3) is 0.467. The van der Waals surface area contributed by atoms with E-state index < -0.39 is 6.36 Å². The van der Waals surface area contributed by atoms with Crippen LogP contribution in [0.15, 0.2) is 23.3 Å². The van der Waals surface area contributed by atoms with Gasteiger partial charge in [-0.3, -0.25) is 4.79 Å². The molecule has 1 aromatic carbocycles. The average molecular weight is 359 g/mol. The lowest BCUT2D eigenvalue weighted by Crippen LogP contribution is -2.28. The van der Waals surface area contributed by atoms with Crippen LogP contribution in [0.2, 0.25) is 0 Å². The standard InChI is InChI=1S/C15H16F3N3O2S/c1-21-11-7-6-10(23-15(16,17)18)8-12(11)24-14(21)20-19-13(22)9-4-2-3-5-9/h6-9H,2-5H2,1H3,(H,19,22)/b20-14+. The third-order valence-corrected chi connectivity index (χ3v) is 5.10. The van der Waals surface area contributed by atoms with E-state index in [9.17, 15) is 18.0 Å². The first-order chi connectivity index (χ1) is 11.3. The van der Waals surface area contributed by atoms with Gasteiger partial charge in [0.25, 0.3) is 0 Å². The second-order valence-electron chi connectivity index (χ2n) is 5.69. The number of aryl methyl sites for hydroxylation is 1. The van der Waals surface area contributed by atoms with Gasteiger partial charge in [-0.1, -0.05) is 24.2 Å². The molecular weight excluding hydrogens is 343 g/mol. The Kier molecular flexibility index (Phi) is 4.53. The number of rotatable bonds is 3. The van der Waals surface area contributed by atoms with Crippen molar-refractivity contribution in [1.82, 2.24) is 9.99 Å². The number of aromatic nitrogens is 1. The minimum Gasteiger partial charge on any atom is -0.406 e. The highest BCUT2D eigenvalue weighted by molar-refractivity contribution is 7.16. The smallest absolute Gasteiger partial charge is 0.406 e. The van der Waals surface area contributed by atoms with E-state index in [0.29, 0.717) is 15.0 Å². The number of nitrogens with zero attached hydrogens (tertiary/aromatic N) is 2. The molecule has 1 fully saturated rings. The third-order valence-electron chi connectivity index (χ3n) is 4.00. The number of thiazole rings is 1. The van der Waals surface area contributed by atoms with Gasteiger partial charge in [0.2, 0.25) is 10.7 Å². The highest BCUT2D eigenvalue weighted by Crippen LogP contribution is 2.27. The maximum atomic E-state index is 12.3. The molecule has 3 rings (SSSR count). The molecule has 0 aliphatic heterocycles. The molecule has 2 aromatic rings. The second-order valence-corrected chi connectivity index (χ2v) is 6.70. The minimum absolute atomic E-state index is 0.000206. The summed E-state index contributed by atoms with van der Waals surface area (Å²) in [6.45, 7) is 0. The van der Waals surface area contributed by atoms with Crippen molar-refractivity contribution in [2.75, 3.05) is 0 Å². The van der Waals surface area contributed by atoms with Crippen LogP contribution in [0.1, 0.15) is 25.7 Å². The van der Waals surface area contributed by atoms with Gasteiger partial charge in [0.1, 0.15) is 5.75 Å². The largest absolute Gasteiger partial charge is 0.573 e. The van der Waals surface area contributed by atoms with E-state index in [2.05, 4.69) is 15.3 Å². The molecule has 1 saturated carbocycles. The van der Waals surface area contributed by atoms with Gasteiger partial charge in [0, 0.05) is 13.0 Å². The summed E-state index contributed by atoms with van der Waals surface area (Å²) in [5.74, 6) is -0.385. The Hall–Kier alpha value is -2.03. The van der Waals surface area contributed by atoms with Gasteiger partial charge >= 0.3 is 6.36 Å². The number of carbonyl (C=O) groups excluding carboxylic acids is 1. The third kappa shape index (κ3) is 3.72. The molecule has 0 saturated heterocycles. The number of fused-ring (bicyclic) bond motifs is 1. The lowest BCUT2D eigenvalue weighted by Gasteiger charge is -2.08. The van der Waals surface area contributed by atoms with Gasteiger partial charge in [0.15, 0.2) is 0 Å². The Morgan fingerprint density at radius 2 is 2.08 bits per heavy atom. The Morgan fingerprint density at radius 3 is 2.75 bits per heavy atom. The number of hydrogen-bond acceptors (Lipinski definition) is 4. The lowest BCUT2D eigenvalue weighted by molar-refractivity contribution is -0.274. The van der Waals surface area contributed by atoms with Gasteiger partial charge < -0.3 is 9.30 Å². The van der Waals surface area contributed by atoms with E-state index in [1.54, 1.807) is 11.6 Å². The topological polar surface area (TPSA) is 55.6 Å². The van der Waals surface area contributed by atoms with Crippen LogP contribution in [-0.4, -0.2) is 16.8 Å². The first-order valence-corrected chi connectivity index (χ1v) is 8.34. The van der Waals surface area contributed by atoms with E-state index in [4.69, 9.17) is 0 Å². The SMILES string of the molecule is Cn1/c(=N\NC(=O)C2CCCC2)sc2cc(OC(F)(F)F)ccc21. The highest BCUT2D eigenvalue weighted by atomic mass is 32.1. The highest BCUT2D eigenvalue weighted by Gasteiger charge is 2.31. The first kappa shape index (κ1) is 16.8. The van der Waals surface area contributed by atoms with Crippen molar-refractivity contribution in [2.24, 2.45) is 18.1 Å². The van der Waals surface area contributed by atoms with Crippen LogP contribution in [0.4, 0.5) is 13.2 Å². The summed E-state index contributed by atoms with van der Waals surface area (Å²) in [6.07, 6.45) is -0.876. The lowest BCUT2D eigenvalue weighted by atomic mass is 10.1. The van der Waals surface area contributed by atoms with Crippen molar-refractivity contribution < 1.29 is 22.7 Å².